The van der Waals surface area contributed by atoms with E-state index in [1.807, 2.05) is 0 Å². The summed E-state index contributed by atoms with van der Waals surface area (Å²) in [4.78, 5) is 21.9. The number of halogens is 3. The van der Waals surface area contributed by atoms with E-state index in [0.29, 0.717) is 5.03 Å². The molecule has 0 saturated heterocycles. The molecule has 0 spiro atoms. The molecule has 2 nitrogen and oxygen atoms in total. The number of carbonyl (C=O) groups is 1. The Balaban J connectivity index is 2.50. The molecule has 1 aliphatic carbocycles. The maximum Gasteiger partial charge on any atom is 0.208 e. The second kappa shape index (κ2) is 5.49. The van der Waals surface area contributed by atoms with Gasteiger partial charge in [-0.2, -0.15) is 0 Å². The first kappa shape index (κ1) is 14.3. The average Bonchev–Trinajstić information content (AvgIpc) is 2.38. The highest BCUT2D eigenvalue weighted by Crippen LogP contribution is 2.38. The van der Waals surface area contributed by atoms with Gasteiger partial charge in [-0.05, 0) is 24.3 Å². The van der Waals surface area contributed by atoms with Gasteiger partial charge in [0.25, 0.3) is 0 Å². The molecule has 0 heterocycles. The fourth-order valence-corrected chi connectivity index (χ4v) is 2.71. The molecule has 97 valence electrons. The Morgan fingerprint density at radius 3 is 2.58 bits per heavy atom. The van der Waals surface area contributed by atoms with Gasteiger partial charge < -0.3 is 0 Å². The summed E-state index contributed by atoms with van der Waals surface area (Å²) in [6, 6.07) is 6.51. The van der Waals surface area contributed by atoms with Crippen molar-refractivity contribution in [3.63, 3.8) is 0 Å². The first-order chi connectivity index (χ1) is 8.99. The SMILES string of the molecule is O=[C]C1C=CC(Cl)=CC1(Cl)C(=O)c1ccccc1Cl. The van der Waals surface area contributed by atoms with Crippen LogP contribution in [0, 0.1) is 5.92 Å². The second-order valence-electron chi connectivity index (χ2n) is 4.06. The van der Waals surface area contributed by atoms with Crippen LogP contribution in [-0.4, -0.2) is 16.9 Å². The zero-order chi connectivity index (χ0) is 14.0. The van der Waals surface area contributed by atoms with Crippen LogP contribution < -0.4 is 0 Å². The molecule has 0 aromatic heterocycles. The Labute approximate surface area is 125 Å². The third-order valence-electron chi connectivity index (χ3n) is 2.84. The lowest BCUT2D eigenvalue weighted by Gasteiger charge is -2.28. The molecule has 1 radical (unpaired) electrons. The Morgan fingerprint density at radius 2 is 1.95 bits per heavy atom. The Hall–Kier alpha value is -1.09. The molecule has 0 bridgehead atoms. The van der Waals surface area contributed by atoms with Crippen LogP contribution in [-0.2, 0) is 4.79 Å². The van der Waals surface area contributed by atoms with Gasteiger partial charge >= 0.3 is 0 Å². The third kappa shape index (κ3) is 2.62. The van der Waals surface area contributed by atoms with E-state index in [4.69, 9.17) is 34.8 Å². The lowest BCUT2D eigenvalue weighted by molar-refractivity contribution is 0.0950. The predicted octanol–water partition coefficient (Wildman–Crippen LogP) is 3.92. The van der Waals surface area contributed by atoms with Gasteiger partial charge in [-0.1, -0.05) is 41.4 Å². The quantitative estimate of drug-likeness (QED) is 0.626. The molecule has 0 saturated carbocycles. The molecule has 1 aromatic carbocycles. The minimum absolute atomic E-state index is 0.246. The van der Waals surface area contributed by atoms with Crippen molar-refractivity contribution < 1.29 is 9.59 Å². The smallest absolute Gasteiger partial charge is 0.208 e. The van der Waals surface area contributed by atoms with Crippen molar-refractivity contribution in [2.24, 2.45) is 5.92 Å². The first-order valence-corrected chi connectivity index (χ1v) is 6.55. The number of carbonyl (C=O) groups excluding carboxylic acids is 2. The maximum atomic E-state index is 12.5. The van der Waals surface area contributed by atoms with Crippen molar-refractivity contribution in [1.82, 2.24) is 0 Å². The van der Waals surface area contributed by atoms with Crippen LogP contribution in [0.2, 0.25) is 5.02 Å². The van der Waals surface area contributed by atoms with Crippen LogP contribution >= 0.6 is 34.8 Å². The molecular formula is C14H8Cl3O2. The summed E-state index contributed by atoms with van der Waals surface area (Å²) in [7, 11) is 0. The van der Waals surface area contributed by atoms with Gasteiger partial charge in [-0.25, -0.2) is 0 Å². The molecular weight excluding hydrogens is 307 g/mol. The highest BCUT2D eigenvalue weighted by Gasteiger charge is 2.44. The molecule has 0 N–H and O–H groups in total. The summed E-state index contributed by atoms with van der Waals surface area (Å²) in [6.07, 6.45) is 6.06. The van der Waals surface area contributed by atoms with Gasteiger partial charge in [-0.15, -0.1) is 11.6 Å². The van der Waals surface area contributed by atoms with Crippen LogP contribution in [0.1, 0.15) is 10.4 Å². The van der Waals surface area contributed by atoms with Crippen LogP contribution in [0.3, 0.4) is 0 Å². The number of rotatable bonds is 3. The largest absolute Gasteiger partial charge is 0.292 e. The number of alkyl halides is 1. The molecule has 2 unspecified atom stereocenters. The Bertz CT molecular complexity index is 592. The third-order valence-corrected chi connectivity index (χ3v) is 3.92. The molecule has 0 amide bonds. The van der Waals surface area contributed by atoms with Gasteiger partial charge in [0.05, 0.1) is 10.9 Å². The van der Waals surface area contributed by atoms with Crippen molar-refractivity contribution in [3.8, 4) is 0 Å². The van der Waals surface area contributed by atoms with Crippen LogP contribution in [0.4, 0.5) is 0 Å². The van der Waals surface area contributed by atoms with Gasteiger partial charge in [0, 0.05) is 10.6 Å². The predicted molar refractivity (Wildman–Crippen MR) is 76.6 cm³/mol. The number of hydrogen-bond acceptors (Lipinski definition) is 2. The van der Waals surface area contributed by atoms with E-state index in [0.717, 1.165) is 0 Å². The lowest BCUT2D eigenvalue weighted by atomic mass is 9.82. The van der Waals surface area contributed by atoms with E-state index in [1.165, 1.54) is 18.2 Å². The van der Waals surface area contributed by atoms with E-state index in [1.54, 1.807) is 30.6 Å². The molecule has 0 fully saturated rings. The summed E-state index contributed by atoms with van der Waals surface area (Å²) < 4.78 is 0. The number of benzene rings is 1. The van der Waals surface area contributed by atoms with Gasteiger partial charge in [0.2, 0.25) is 6.29 Å². The summed E-state index contributed by atoms with van der Waals surface area (Å²) >= 11 is 18.2. The Kier molecular flexibility index (Phi) is 4.14. The molecule has 0 aliphatic heterocycles. The minimum atomic E-state index is -1.58. The van der Waals surface area contributed by atoms with Crippen molar-refractivity contribution in [2.75, 3.05) is 0 Å². The maximum absolute atomic E-state index is 12.5. The van der Waals surface area contributed by atoms with Crippen molar-refractivity contribution in [2.45, 2.75) is 4.87 Å². The number of hydrogen-bond donors (Lipinski definition) is 0. The van der Waals surface area contributed by atoms with Crippen LogP contribution in [0.15, 0.2) is 47.5 Å². The minimum Gasteiger partial charge on any atom is -0.292 e. The van der Waals surface area contributed by atoms with Crippen LogP contribution in [0.25, 0.3) is 0 Å². The highest BCUT2D eigenvalue weighted by molar-refractivity contribution is 6.44. The van der Waals surface area contributed by atoms with Gasteiger partial charge in [-0.3, -0.25) is 9.59 Å². The highest BCUT2D eigenvalue weighted by atomic mass is 35.5. The zero-order valence-electron chi connectivity index (χ0n) is 9.57. The Morgan fingerprint density at radius 1 is 1.26 bits per heavy atom. The number of Topliss-reactive ketones (excluding diaryl/α,β-unsaturated/α-hetero) is 1. The van der Waals surface area contributed by atoms with Crippen molar-refractivity contribution >= 4 is 46.9 Å². The lowest BCUT2D eigenvalue weighted by Crippen LogP contribution is -2.40. The standard InChI is InChI=1S/C14H8Cl3O2/c15-10-6-5-9(8-18)14(17,7-10)13(19)11-3-1-2-4-12(11)16/h1-7,9H. The van der Waals surface area contributed by atoms with Crippen molar-refractivity contribution in [1.29, 1.82) is 0 Å². The number of allylic oxidation sites excluding steroid dienone is 4. The summed E-state index contributed by atoms with van der Waals surface area (Å²) in [5.74, 6) is -1.38. The topological polar surface area (TPSA) is 34.1 Å². The van der Waals surface area contributed by atoms with E-state index >= 15 is 0 Å². The fraction of sp³-hybridized carbons (Fsp3) is 0.143. The molecule has 1 aliphatic rings. The van der Waals surface area contributed by atoms with E-state index in [2.05, 4.69) is 0 Å². The monoisotopic (exact) mass is 313 g/mol. The first-order valence-electron chi connectivity index (χ1n) is 5.41. The summed E-state index contributed by atoms with van der Waals surface area (Å²) in [5, 5.41) is 0.568. The molecule has 2 rings (SSSR count). The fourth-order valence-electron chi connectivity index (χ4n) is 1.85. The van der Waals surface area contributed by atoms with E-state index in [-0.39, 0.29) is 10.6 Å². The molecule has 5 heteroatoms. The van der Waals surface area contributed by atoms with Gasteiger partial charge in [0.15, 0.2) is 5.78 Å². The van der Waals surface area contributed by atoms with E-state index < -0.39 is 16.6 Å². The molecule has 2 atom stereocenters. The number of ketones is 1. The van der Waals surface area contributed by atoms with E-state index in [9.17, 15) is 9.59 Å². The zero-order valence-corrected chi connectivity index (χ0v) is 11.8. The second-order valence-corrected chi connectivity index (χ2v) is 5.53. The normalized spacial score (nSPS) is 25.8. The van der Waals surface area contributed by atoms with Crippen LogP contribution in [0.5, 0.6) is 0 Å². The summed E-state index contributed by atoms with van der Waals surface area (Å²) in [5.41, 5.74) is 0.246. The van der Waals surface area contributed by atoms with Crippen molar-refractivity contribution in [3.05, 3.63) is 58.1 Å². The van der Waals surface area contributed by atoms with Gasteiger partial charge in [0.1, 0.15) is 4.87 Å². The average molecular weight is 315 g/mol. The summed E-state index contributed by atoms with van der Waals surface area (Å²) in [6.45, 7) is 0. The molecule has 19 heavy (non-hydrogen) atoms. The molecule has 1 aromatic rings.